The van der Waals surface area contributed by atoms with Gasteiger partial charge in [-0.15, -0.1) is 0 Å². The fourth-order valence-electron chi connectivity index (χ4n) is 1.75. The highest BCUT2D eigenvalue weighted by Gasteiger charge is 2.19. The zero-order valence-corrected chi connectivity index (χ0v) is 8.84. The molecule has 1 aromatic rings. The summed E-state index contributed by atoms with van der Waals surface area (Å²) in [4.78, 5) is 10.7. The van der Waals surface area contributed by atoms with Gasteiger partial charge in [-0.2, -0.15) is 0 Å². The molecular weight excluding hydrogens is 198 g/mol. The molecule has 82 valence electrons. The molecule has 1 atom stereocenters. The standard InChI is InChI=1S/C12H14F2O/c1-3-9-5-4-6-10(12(13)14)11(9)8(2)7-15/h4-8,12H,3H2,1-2H3. The fourth-order valence-corrected chi connectivity index (χ4v) is 1.75. The first-order valence-electron chi connectivity index (χ1n) is 4.96. The lowest BCUT2D eigenvalue weighted by atomic mass is 9.90. The van der Waals surface area contributed by atoms with Crippen LogP contribution in [0.4, 0.5) is 8.78 Å². The molecule has 1 rings (SSSR count). The molecule has 0 N–H and O–H groups in total. The van der Waals surface area contributed by atoms with Crippen LogP contribution in [0.1, 0.15) is 42.9 Å². The smallest absolute Gasteiger partial charge is 0.264 e. The molecule has 0 aliphatic carbocycles. The second-order valence-corrected chi connectivity index (χ2v) is 3.50. The molecule has 0 saturated heterocycles. The van der Waals surface area contributed by atoms with Crippen molar-refractivity contribution in [3.63, 3.8) is 0 Å². The van der Waals surface area contributed by atoms with Crippen LogP contribution >= 0.6 is 0 Å². The maximum Gasteiger partial charge on any atom is 0.264 e. The molecule has 1 aromatic carbocycles. The molecular formula is C12H14F2O. The average Bonchev–Trinajstić information content (AvgIpc) is 2.26. The summed E-state index contributed by atoms with van der Waals surface area (Å²) >= 11 is 0. The largest absolute Gasteiger partial charge is 0.303 e. The molecule has 0 radical (unpaired) electrons. The number of aldehydes is 1. The van der Waals surface area contributed by atoms with Crippen molar-refractivity contribution in [3.05, 3.63) is 34.9 Å². The maximum absolute atomic E-state index is 12.7. The maximum atomic E-state index is 12.7. The van der Waals surface area contributed by atoms with E-state index in [9.17, 15) is 13.6 Å². The van der Waals surface area contributed by atoms with Gasteiger partial charge < -0.3 is 4.79 Å². The van der Waals surface area contributed by atoms with Crippen LogP contribution < -0.4 is 0 Å². The van der Waals surface area contributed by atoms with Gasteiger partial charge in [0.05, 0.1) is 0 Å². The van der Waals surface area contributed by atoms with Gasteiger partial charge in [0.2, 0.25) is 0 Å². The molecule has 15 heavy (non-hydrogen) atoms. The predicted octanol–water partition coefficient (Wildman–Crippen LogP) is 3.49. The Balaban J connectivity index is 3.32. The fraction of sp³-hybridized carbons (Fsp3) is 0.417. The van der Waals surface area contributed by atoms with Gasteiger partial charge in [0, 0.05) is 11.5 Å². The van der Waals surface area contributed by atoms with Crippen molar-refractivity contribution < 1.29 is 13.6 Å². The minimum Gasteiger partial charge on any atom is -0.303 e. The minimum atomic E-state index is -2.52. The number of benzene rings is 1. The Morgan fingerprint density at radius 1 is 1.40 bits per heavy atom. The zero-order valence-electron chi connectivity index (χ0n) is 8.84. The summed E-state index contributed by atoms with van der Waals surface area (Å²) in [5.41, 5.74) is 1.30. The average molecular weight is 212 g/mol. The zero-order chi connectivity index (χ0) is 11.4. The highest BCUT2D eigenvalue weighted by atomic mass is 19.3. The van der Waals surface area contributed by atoms with Crippen LogP contribution in [0, 0.1) is 0 Å². The summed E-state index contributed by atoms with van der Waals surface area (Å²) in [5.74, 6) is -0.467. The Kier molecular flexibility index (Phi) is 3.95. The monoisotopic (exact) mass is 212 g/mol. The van der Waals surface area contributed by atoms with Gasteiger partial charge in [-0.05, 0) is 17.5 Å². The first-order valence-corrected chi connectivity index (χ1v) is 4.96. The Labute approximate surface area is 88.1 Å². The first kappa shape index (κ1) is 11.8. The molecule has 0 heterocycles. The number of hydrogen-bond donors (Lipinski definition) is 0. The van der Waals surface area contributed by atoms with E-state index in [0.29, 0.717) is 18.3 Å². The number of hydrogen-bond acceptors (Lipinski definition) is 1. The molecule has 0 saturated carbocycles. The molecule has 0 aliphatic rings. The minimum absolute atomic E-state index is 0.0195. The highest BCUT2D eigenvalue weighted by molar-refractivity contribution is 5.64. The molecule has 0 aliphatic heterocycles. The van der Waals surface area contributed by atoms with Gasteiger partial charge in [-0.3, -0.25) is 0 Å². The lowest BCUT2D eigenvalue weighted by molar-refractivity contribution is -0.108. The van der Waals surface area contributed by atoms with Crippen molar-refractivity contribution in [1.82, 2.24) is 0 Å². The number of halogens is 2. The van der Waals surface area contributed by atoms with E-state index in [0.717, 1.165) is 5.56 Å². The van der Waals surface area contributed by atoms with Crippen LogP contribution in [0.15, 0.2) is 18.2 Å². The second-order valence-electron chi connectivity index (χ2n) is 3.50. The van der Waals surface area contributed by atoms with E-state index in [2.05, 4.69) is 0 Å². The molecule has 3 heteroatoms. The van der Waals surface area contributed by atoms with E-state index >= 15 is 0 Å². The van der Waals surface area contributed by atoms with Gasteiger partial charge in [-0.25, -0.2) is 8.78 Å². The highest BCUT2D eigenvalue weighted by Crippen LogP contribution is 2.30. The Morgan fingerprint density at radius 2 is 2.07 bits per heavy atom. The van der Waals surface area contributed by atoms with Crippen molar-refractivity contribution in [3.8, 4) is 0 Å². The van der Waals surface area contributed by atoms with Crippen LogP contribution in [0.3, 0.4) is 0 Å². The van der Waals surface area contributed by atoms with E-state index in [1.807, 2.05) is 6.92 Å². The van der Waals surface area contributed by atoms with Crippen molar-refractivity contribution >= 4 is 6.29 Å². The van der Waals surface area contributed by atoms with Crippen LogP contribution in [-0.4, -0.2) is 6.29 Å². The molecule has 1 unspecified atom stereocenters. The summed E-state index contributed by atoms with van der Waals surface area (Å²) in [6.45, 7) is 3.54. The molecule has 0 aromatic heterocycles. The van der Waals surface area contributed by atoms with E-state index in [1.54, 1.807) is 19.1 Å². The number of rotatable bonds is 4. The SMILES string of the molecule is CCc1cccc(C(F)F)c1C(C)C=O. The third kappa shape index (κ3) is 2.41. The van der Waals surface area contributed by atoms with Crippen LogP contribution in [0.25, 0.3) is 0 Å². The number of alkyl halides is 2. The Bertz CT molecular complexity index is 347. The van der Waals surface area contributed by atoms with E-state index in [4.69, 9.17) is 0 Å². The van der Waals surface area contributed by atoms with Crippen LogP contribution in [0.5, 0.6) is 0 Å². The Hall–Kier alpha value is -1.25. The topological polar surface area (TPSA) is 17.1 Å². The summed E-state index contributed by atoms with van der Waals surface area (Å²) in [7, 11) is 0. The van der Waals surface area contributed by atoms with Gasteiger partial charge in [0.15, 0.2) is 0 Å². The lowest BCUT2D eigenvalue weighted by Crippen LogP contribution is -2.05. The third-order valence-electron chi connectivity index (χ3n) is 2.51. The summed E-state index contributed by atoms with van der Waals surface area (Å²) in [6, 6.07) is 4.79. The van der Waals surface area contributed by atoms with Gasteiger partial charge >= 0.3 is 0 Å². The number of carbonyl (C=O) groups excluding carboxylic acids is 1. The molecule has 0 fully saturated rings. The molecule has 0 amide bonds. The molecule has 0 spiro atoms. The van der Waals surface area contributed by atoms with Gasteiger partial charge in [0.1, 0.15) is 6.29 Å². The van der Waals surface area contributed by atoms with Crippen LogP contribution in [0.2, 0.25) is 0 Å². The summed E-state index contributed by atoms with van der Waals surface area (Å²) in [6.07, 6.45) is -1.15. The third-order valence-corrected chi connectivity index (χ3v) is 2.51. The first-order chi connectivity index (χ1) is 7.11. The van der Waals surface area contributed by atoms with E-state index in [1.165, 1.54) is 6.07 Å². The molecule has 1 nitrogen and oxygen atoms in total. The summed E-state index contributed by atoms with van der Waals surface area (Å²) in [5, 5.41) is 0. The Morgan fingerprint density at radius 3 is 2.53 bits per heavy atom. The van der Waals surface area contributed by atoms with E-state index in [-0.39, 0.29) is 5.56 Å². The normalized spacial score (nSPS) is 12.9. The quantitative estimate of drug-likeness (QED) is 0.698. The second kappa shape index (κ2) is 5.01. The number of aryl methyl sites for hydroxylation is 1. The van der Waals surface area contributed by atoms with Gasteiger partial charge in [0.25, 0.3) is 6.43 Å². The lowest BCUT2D eigenvalue weighted by Gasteiger charge is -2.15. The van der Waals surface area contributed by atoms with Crippen molar-refractivity contribution in [1.29, 1.82) is 0 Å². The van der Waals surface area contributed by atoms with Crippen molar-refractivity contribution in [2.24, 2.45) is 0 Å². The van der Waals surface area contributed by atoms with E-state index < -0.39 is 12.3 Å². The predicted molar refractivity (Wildman–Crippen MR) is 55.3 cm³/mol. The molecule has 0 bridgehead atoms. The summed E-state index contributed by atoms with van der Waals surface area (Å²) < 4.78 is 25.4. The van der Waals surface area contributed by atoms with Crippen LogP contribution in [-0.2, 0) is 11.2 Å². The van der Waals surface area contributed by atoms with Gasteiger partial charge in [-0.1, -0.05) is 32.0 Å². The van der Waals surface area contributed by atoms with Crippen molar-refractivity contribution in [2.75, 3.05) is 0 Å². The number of carbonyl (C=O) groups is 1. The van der Waals surface area contributed by atoms with Crippen molar-refractivity contribution in [2.45, 2.75) is 32.6 Å².